The molecule has 0 spiro atoms. The minimum absolute atomic E-state index is 0.308. The lowest BCUT2D eigenvalue weighted by Gasteiger charge is -2.17. The summed E-state index contributed by atoms with van der Waals surface area (Å²) in [5, 5.41) is 10.2. The molecule has 7 nitrogen and oxygen atoms in total. The van der Waals surface area contributed by atoms with Gasteiger partial charge in [-0.25, -0.2) is 15.0 Å². The largest absolute Gasteiger partial charge is 0.389 e. The van der Waals surface area contributed by atoms with Gasteiger partial charge in [0.1, 0.15) is 11.8 Å². The van der Waals surface area contributed by atoms with Gasteiger partial charge in [-0.2, -0.15) is 0 Å². The Balaban J connectivity index is 1.82. The monoisotopic (exact) mass is 321 g/mol. The summed E-state index contributed by atoms with van der Waals surface area (Å²) in [6.07, 6.45) is 7.15. The van der Waals surface area contributed by atoms with Crippen molar-refractivity contribution in [3.8, 4) is 0 Å². The van der Waals surface area contributed by atoms with E-state index in [2.05, 4.69) is 28.8 Å². The van der Waals surface area contributed by atoms with Crippen molar-refractivity contribution < 1.29 is 9.84 Å². The van der Waals surface area contributed by atoms with Gasteiger partial charge < -0.3 is 20.1 Å². The first-order valence-corrected chi connectivity index (χ1v) is 8.32. The van der Waals surface area contributed by atoms with Crippen LogP contribution in [0.2, 0.25) is 0 Å². The van der Waals surface area contributed by atoms with E-state index in [1.807, 2.05) is 0 Å². The number of rotatable bonds is 10. The van der Waals surface area contributed by atoms with E-state index >= 15 is 0 Å². The number of aliphatic hydroxyl groups excluding tert-OH is 1. The topological polar surface area (TPSA) is 99.1 Å². The molecule has 0 aliphatic rings. The van der Waals surface area contributed by atoms with Crippen molar-refractivity contribution in [3.05, 3.63) is 12.7 Å². The third kappa shape index (κ3) is 4.87. The Morgan fingerprint density at radius 2 is 2.09 bits per heavy atom. The number of anilines is 1. The number of nitrogen functional groups attached to an aromatic ring is 1. The Labute approximate surface area is 136 Å². The third-order valence-corrected chi connectivity index (χ3v) is 4.04. The van der Waals surface area contributed by atoms with Crippen LogP contribution in [0.4, 0.5) is 5.82 Å². The number of hydrogen-bond donors (Lipinski definition) is 2. The van der Waals surface area contributed by atoms with Crippen molar-refractivity contribution in [2.45, 2.75) is 52.2 Å². The zero-order valence-corrected chi connectivity index (χ0v) is 14.0. The van der Waals surface area contributed by atoms with Crippen LogP contribution in [0.1, 0.15) is 39.5 Å². The minimum Gasteiger partial charge on any atom is -0.389 e. The second-order valence-electron chi connectivity index (χ2n) is 5.94. The maximum absolute atomic E-state index is 10.2. The molecule has 0 aromatic carbocycles. The number of nitrogens with two attached hydrogens (primary N) is 1. The Bertz CT molecular complexity index is 601. The highest BCUT2D eigenvalue weighted by molar-refractivity contribution is 5.81. The molecule has 2 unspecified atom stereocenters. The summed E-state index contributed by atoms with van der Waals surface area (Å²) >= 11 is 0. The summed E-state index contributed by atoms with van der Waals surface area (Å²) < 4.78 is 7.46. The van der Waals surface area contributed by atoms with Crippen LogP contribution in [0, 0.1) is 5.92 Å². The Morgan fingerprint density at radius 1 is 1.26 bits per heavy atom. The van der Waals surface area contributed by atoms with Crippen LogP contribution in [0.5, 0.6) is 0 Å². The predicted molar refractivity (Wildman–Crippen MR) is 89.9 cm³/mol. The molecule has 0 saturated carbocycles. The van der Waals surface area contributed by atoms with Gasteiger partial charge >= 0.3 is 0 Å². The predicted octanol–water partition coefficient (Wildman–Crippen LogP) is 2.00. The molecule has 2 atom stereocenters. The van der Waals surface area contributed by atoms with Gasteiger partial charge in [0.25, 0.3) is 0 Å². The third-order valence-electron chi connectivity index (χ3n) is 4.04. The van der Waals surface area contributed by atoms with Crippen LogP contribution in [-0.2, 0) is 11.3 Å². The summed E-state index contributed by atoms with van der Waals surface area (Å²) in [5.74, 6) is 0.921. The fourth-order valence-corrected chi connectivity index (χ4v) is 2.58. The van der Waals surface area contributed by atoms with E-state index in [0.29, 0.717) is 42.7 Å². The molecule has 0 aliphatic carbocycles. The van der Waals surface area contributed by atoms with Gasteiger partial charge in [0.15, 0.2) is 11.5 Å². The second-order valence-corrected chi connectivity index (χ2v) is 5.94. The lowest BCUT2D eigenvalue weighted by Crippen LogP contribution is -2.23. The summed E-state index contributed by atoms with van der Waals surface area (Å²) in [6, 6.07) is 0. The van der Waals surface area contributed by atoms with Gasteiger partial charge in [0.2, 0.25) is 0 Å². The average Bonchev–Trinajstić information content (AvgIpc) is 2.95. The quantitative estimate of drug-likeness (QED) is 0.694. The molecule has 0 fully saturated rings. The summed E-state index contributed by atoms with van der Waals surface area (Å²) in [6.45, 7) is 5.76. The highest BCUT2D eigenvalue weighted by Gasteiger charge is 2.13. The van der Waals surface area contributed by atoms with Gasteiger partial charge in [-0.1, -0.05) is 33.1 Å². The average molecular weight is 321 g/mol. The number of nitrogens with zero attached hydrogens (tertiary/aromatic N) is 4. The SMILES string of the molecule is CCCCC(CC)COCC(O)Cn1cnc2c(N)ncnc21. The smallest absolute Gasteiger partial charge is 0.165 e. The molecule has 0 amide bonds. The molecule has 7 heteroatoms. The van der Waals surface area contributed by atoms with Gasteiger partial charge in [0, 0.05) is 6.61 Å². The Morgan fingerprint density at radius 3 is 2.83 bits per heavy atom. The zero-order valence-electron chi connectivity index (χ0n) is 14.0. The van der Waals surface area contributed by atoms with Crippen LogP contribution in [0.3, 0.4) is 0 Å². The first-order valence-electron chi connectivity index (χ1n) is 8.32. The second kappa shape index (κ2) is 8.79. The number of aromatic nitrogens is 4. The highest BCUT2D eigenvalue weighted by atomic mass is 16.5. The number of unbranched alkanes of at least 4 members (excludes halogenated alkanes) is 1. The normalized spacial score (nSPS) is 14.2. The number of hydrogen-bond acceptors (Lipinski definition) is 6. The molecule has 2 heterocycles. The summed E-state index contributed by atoms with van der Waals surface area (Å²) in [5.41, 5.74) is 6.95. The van der Waals surface area contributed by atoms with E-state index in [-0.39, 0.29) is 0 Å². The molecule has 23 heavy (non-hydrogen) atoms. The Hall–Kier alpha value is -1.73. The van der Waals surface area contributed by atoms with Crippen LogP contribution in [0.15, 0.2) is 12.7 Å². The molecular formula is C16H27N5O2. The van der Waals surface area contributed by atoms with Crippen molar-refractivity contribution >= 4 is 17.0 Å². The van der Waals surface area contributed by atoms with E-state index in [0.717, 1.165) is 6.42 Å². The molecule has 3 N–H and O–H groups in total. The molecule has 128 valence electrons. The summed E-state index contributed by atoms with van der Waals surface area (Å²) in [7, 11) is 0. The lowest BCUT2D eigenvalue weighted by atomic mass is 10.0. The number of imidazole rings is 1. The number of aliphatic hydroxyl groups is 1. The molecule has 2 rings (SSSR count). The van der Waals surface area contributed by atoms with Crippen molar-refractivity contribution in [3.63, 3.8) is 0 Å². The molecular weight excluding hydrogens is 294 g/mol. The highest BCUT2D eigenvalue weighted by Crippen LogP contribution is 2.15. The minimum atomic E-state index is -0.604. The summed E-state index contributed by atoms with van der Waals surface area (Å²) in [4.78, 5) is 12.3. The van der Waals surface area contributed by atoms with Crippen LogP contribution < -0.4 is 5.73 Å². The molecule has 0 bridgehead atoms. The van der Waals surface area contributed by atoms with E-state index in [4.69, 9.17) is 10.5 Å². The number of fused-ring (bicyclic) bond motifs is 1. The van der Waals surface area contributed by atoms with E-state index < -0.39 is 6.10 Å². The van der Waals surface area contributed by atoms with Gasteiger partial charge in [-0.05, 0) is 12.3 Å². The lowest BCUT2D eigenvalue weighted by molar-refractivity contribution is 0.0122. The van der Waals surface area contributed by atoms with Gasteiger partial charge in [0.05, 0.1) is 25.6 Å². The maximum atomic E-state index is 10.2. The molecule has 2 aromatic rings. The standard InChI is InChI=1S/C16H27N5O2/c1-3-5-6-12(4-2)8-23-9-13(22)7-21-11-20-14-15(17)18-10-19-16(14)21/h10-13,22H,3-9H2,1-2H3,(H2,17,18,19). The van der Waals surface area contributed by atoms with Crippen LogP contribution in [-0.4, -0.2) is 43.9 Å². The maximum Gasteiger partial charge on any atom is 0.165 e. The fourth-order valence-electron chi connectivity index (χ4n) is 2.58. The van der Waals surface area contributed by atoms with Crippen molar-refractivity contribution in [1.82, 2.24) is 19.5 Å². The van der Waals surface area contributed by atoms with Crippen molar-refractivity contribution in [1.29, 1.82) is 0 Å². The van der Waals surface area contributed by atoms with Gasteiger partial charge in [-0.3, -0.25) is 0 Å². The van der Waals surface area contributed by atoms with Gasteiger partial charge in [-0.15, -0.1) is 0 Å². The van der Waals surface area contributed by atoms with Crippen LogP contribution in [0.25, 0.3) is 11.2 Å². The zero-order chi connectivity index (χ0) is 16.7. The molecule has 0 aliphatic heterocycles. The number of ether oxygens (including phenoxy) is 1. The first-order chi connectivity index (χ1) is 11.2. The molecule has 0 saturated heterocycles. The van der Waals surface area contributed by atoms with E-state index in [9.17, 15) is 5.11 Å². The van der Waals surface area contributed by atoms with E-state index in [1.54, 1.807) is 10.9 Å². The van der Waals surface area contributed by atoms with E-state index in [1.165, 1.54) is 25.6 Å². The van der Waals surface area contributed by atoms with Crippen molar-refractivity contribution in [2.75, 3.05) is 18.9 Å². The first kappa shape index (κ1) is 17.6. The van der Waals surface area contributed by atoms with Crippen molar-refractivity contribution in [2.24, 2.45) is 5.92 Å². The Kier molecular flexibility index (Phi) is 6.73. The molecule has 2 aromatic heterocycles. The molecule has 0 radical (unpaired) electrons. The van der Waals surface area contributed by atoms with Crippen LogP contribution >= 0.6 is 0 Å². The fraction of sp³-hybridized carbons (Fsp3) is 0.688.